The highest BCUT2D eigenvalue weighted by Gasteiger charge is 2.07. The molecule has 0 aliphatic rings. The zero-order chi connectivity index (χ0) is 9.26. The molecule has 0 atom stereocenters. The summed E-state index contributed by atoms with van der Waals surface area (Å²) in [6.45, 7) is 1.78. The molecule has 13 heavy (non-hydrogen) atoms. The highest BCUT2D eigenvalue weighted by molar-refractivity contribution is 7.16. The summed E-state index contributed by atoms with van der Waals surface area (Å²) in [7, 11) is 0. The minimum Gasteiger partial charge on any atom is -0.498 e. The molecule has 0 radical (unpaired) electrons. The summed E-state index contributed by atoms with van der Waals surface area (Å²) in [5.41, 5.74) is 1.61. The van der Waals surface area contributed by atoms with Crippen LogP contribution >= 0.6 is 11.3 Å². The molecule has 2 aromatic rings. The van der Waals surface area contributed by atoms with Crippen molar-refractivity contribution in [3.8, 4) is 15.6 Å². The van der Waals surface area contributed by atoms with Gasteiger partial charge in [-0.2, -0.15) is 0 Å². The summed E-state index contributed by atoms with van der Waals surface area (Å²) in [6.07, 6.45) is 3.45. The molecule has 0 aliphatic carbocycles. The van der Waals surface area contributed by atoms with Crippen LogP contribution in [0.25, 0.3) is 10.6 Å². The number of aryl methyl sites for hydroxylation is 1. The number of rotatable bonds is 1. The Labute approximate surface area is 79.7 Å². The van der Waals surface area contributed by atoms with Gasteiger partial charge < -0.3 is 5.11 Å². The van der Waals surface area contributed by atoms with Crippen LogP contribution in [-0.4, -0.2) is 15.1 Å². The van der Waals surface area contributed by atoms with Crippen molar-refractivity contribution in [2.45, 2.75) is 6.92 Å². The van der Waals surface area contributed by atoms with Gasteiger partial charge in [-0.25, -0.2) is 4.98 Å². The maximum absolute atomic E-state index is 9.34. The molecule has 0 fully saturated rings. The molecular formula is C9H8N2OS. The topological polar surface area (TPSA) is 46.0 Å². The van der Waals surface area contributed by atoms with Crippen molar-refractivity contribution in [1.82, 2.24) is 9.97 Å². The quantitative estimate of drug-likeness (QED) is 0.753. The smallest absolute Gasteiger partial charge is 0.195 e. The van der Waals surface area contributed by atoms with Crippen LogP contribution in [0.5, 0.6) is 5.06 Å². The summed E-state index contributed by atoms with van der Waals surface area (Å²) in [4.78, 5) is 8.19. The van der Waals surface area contributed by atoms with E-state index < -0.39 is 0 Å². The van der Waals surface area contributed by atoms with Gasteiger partial charge in [0.25, 0.3) is 0 Å². The predicted molar refractivity (Wildman–Crippen MR) is 51.7 cm³/mol. The zero-order valence-corrected chi connectivity index (χ0v) is 7.88. The molecule has 0 aliphatic heterocycles. The first kappa shape index (κ1) is 8.19. The first-order valence-corrected chi connectivity index (χ1v) is 4.66. The molecule has 0 unspecified atom stereocenters. The van der Waals surface area contributed by atoms with E-state index in [1.165, 1.54) is 11.3 Å². The molecule has 0 bridgehead atoms. The number of aromatic nitrogens is 2. The third-order valence-electron chi connectivity index (χ3n) is 1.68. The number of pyridine rings is 1. The van der Waals surface area contributed by atoms with Gasteiger partial charge in [0.1, 0.15) is 5.01 Å². The van der Waals surface area contributed by atoms with Gasteiger partial charge in [-0.05, 0) is 19.1 Å². The monoisotopic (exact) mass is 192 g/mol. The van der Waals surface area contributed by atoms with Gasteiger partial charge in [-0.15, -0.1) is 0 Å². The van der Waals surface area contributed by atoms with Crippen molar-refractivity contribution in [1.29, 1.82) is 0 Å². The van der Waals surface area contributed by atoms with E-state index in [0.717, 1.165) is 10.6 Å². The summed E-state index contributed by atoms with van der Waals surface area (Å²) in [5, 5.41) is 10.4. The fourth-order valence-corrected chi connectivity index (χ4v) is 1.80. The van der Waals surface area contributed by atoms with Crippen LogP contribution in [-0.2, 0) is 0 Å². The molecule has 2 heterocycles. The minimum absolute atomic E-state index is 0.277. The Morgan fingerprint density at radius 3 is 2.85 bits per heavy atom. The second-order valence-electron chi connectivity index (χ2n) is 2.65. The van der Waals surface area contributed by atoms with Crippen molar-refractivity contribution < 1.29 is 5.11 Å². The first-order valence-electron chi connectivity index (χ1n) is 3.84. The zero-order valence-electron chi connectivity index (χ0n) is 7.06. The Morgan fingerprint density at radius 1 is 1.46 bits per heavy atom. The van der Waals surface area contributed by atoms with Crippen LogP contribution < -0.4 is 0 Å². The molecule has 66 valence electrons. The summed E-state index contributed by atoms with van der Waals surface area (Å²) < 4.78 is 0. The molecule has 0 saturated carbocycles. The molecule has 3 nitrogen and oxygen atoms in total. The van der Waals surface area contributed by atoms with E-state index in [1.54, 1.807) is 19.3 Å². The number of hydrogen-bond donors (Lipinski definition) is 1. The summed E-state index contributed by atoms with van der Waals surface area (Å²) in [5.74, 6) is 0. The molecule has 2 rings (SSSR count). The third-order valence-corrected chi connectivity index (χ3v) is 2.69. The second-order valence-corrected chi connectivity index (χ2v) is 3.63. The van der Waals surface area contributed by atoms with E-state index >= 15 is 0 Å². The van der Waals surface area contributed by atoms with E-state index in [4.69, 9.17) is 0 Å². The van der Waals surface area contributed by atoms with Crippen molar-refractivity contribution in [3.63, 3.8) is 0 Å². The van der Waals surface area contributed by atoms with Crippen LogP contribution in [0.1, 0.15) is 5.69 Å². The molecule has 4 heteroatoms. The van der Waals surface area contributed by atoms with Crippen LogP contribution in [0, 0.1) is 6.92 Å². The van der Waals surface area contributed by atoms with Crippen LogP contribution in [0.4, 0.5) is 0 Å². The fraction of sp³-hybridized carbons (Fsp3) is 0.111. The minimum atomic E-state index is 0.277. The Hall–Kier alpha value is -1.42. The molecule has 2 aromatic heterocycles. The molecule has 0 aromatic carbocycles. The van der Waals surface area contributed by atoms with Crippen molar-refractivity contribution >= 4 is 11.3 Å². The average molecular weight is 192 g/mol. The Balaban J connectivity index is 2.48. The maximum Gasteiger partial charge on any atom is 0.195 e. The van der Waals surface area contributed by atoms with Crippen LogP contribution in [0.3, 0.4) is 0 Å². The fourth-order valence-electron chi connectivity index (χ4n) is 1.00. The van der Waals surface area contributed by atoms with E-state index in [9.17, 15) is 5.11 Å². The first-order chi connectivity index (χ1) is 6.27. The number of thiazole rings is 1. The summed E-state index contributed by atoms with van der Waals surface area (Å²) >= 11 is 1.27. The molecule has 0 amide bonds. The summed E-state index contributed by atoms with van der Waals surface area (Å²) in [6, 6.07) is 3.77. The average Bonchev–Trinajstić information content (AvgIpc) is 2.49. The van der Waals surface area contributed by atoms with Gasteiger partial charge in [0.2, 0.25) is 0 Å². The van der Waals surface area contributed by atoms with Crippen molar-refractivity contribution in [3.05, 3.63) is 30.2 Å². The van der Waals surface area contributed by atoms with Crippen molar-refractivity contribution in [2.24, 2.45) is 0 Å². The largest absolute Gasteiger partial charge is 0.498 e. The standard InChI is InChI=1S/C9H8N2OS/c1-6-9(12)13-8(11-6)7-3-2-4-10-5-7/h2-5,12H,1H3. The molecular weight excluding hydrogens is 184 g/mol. The van der Waals surface area contributed by atoms with Crippen molar-refractivity contribution in [2.75, 3.05) is 0 Å². The van der Waals surface area contributed by atoms with Gasteiger partial charge in [0.05, 0.1) is 5.69 Å². The lowest BCUT2D eigenvalue weighted by atomic mass is 10.3. The van der Waals surface area contributed by atoms with Gasteiger partial charge in [-0.1, -0.05) is 11.3 Å². The lowest BCUT2D eigenvalue weighted by Crippen LogP contribution is -1.77. The SMILES string of the molecule is Cc1nc(-c2cccnc2)sc1O. The second kappa shape index (κ2) is 3.14. The normalized spacial score (nSPS) is 10.2. The van der Waals surface area contributed by atoms with Gasteiger partial charge in [0.15, 0.2) is 5.06 Å². The van der Waals surface area contributed by atoms with E-state index in [-0.39, 0.29) is 5.06 Å². The lowest BCUT2D eigenvalue weighted by Gasteiger charge is -1.91. The maximum atomic E-state index is 9.34. The van der Waals surface area contributed by atoms with E-state index in [1.807, 2.05) is 12.1 Å². The highest BCUT2D eigenvalue weighted by atomic mass is 32.1. The molecule has 0 spiro atoms. The van der Waals surface area contributed by atoms with Crippen LogP contribution in [0.15, 0.2) is 24.5 Å². The Morgan fingerprint density at radius 2 is 2.31 bits per heavy atom. The van der Waals surface area contributed by atoms with Gasteiger partial charge >= 0.3 is 0 Å². The number of aromatic hydroxyl groups is 1. The van der Waals surface area contributed by atoms with Gasteiger partial charge in [-0.3, -0.25) is 4.98 Å². The highest BCUT2D eigenvalue weighted by Crippen LogP contribution is 2.31. The van der Waals surface area contributed by atoms with E-state index in [2.05, 4.69) is 9.97 Å². The molecule has 0 saturated heterocycles. The molecule has 1 N–H and O–H groups in total. The number of nitrogens with zero attached hydrogens (tertiary/aromatic N) is 2. The van der Waals surface area contributed by atoms with Gasteiger partial charge in [0, 0.05) is 18.0 Å². The van der Waals surface area contributed by atoms with Crippen LogP contribution in [0.2, 0.25) is 0 Å². The Kier molecular flexibility index (Phi) is 1.98. The lowest BCUT2D eigenvalue weighted by molar-refractivity contribution is 0.485. The predicted octanol–water partition coefficient (Wildman–Crippen LogP) is 2.22. The van der Waals surface area contributed by atoms with E-state index in [0.29, 0.717) is 5.69 Å². The number of hydrogen-bond acceptors (Lipinski definition) is 4. The third kappa shape index (κ3) is 1.53. The Bertz CT molecular complexity index is 391.